The Kier molecular flexibility index (Phi) is 7.76. The zero-order valence-electron chi connectivity index (χ0n) is 18.0. The number of hydrogen-bond acceptors (Lipinski definition) is 6. The molecule has 1 N–H and O–H groups in total. The molecule has 3 aromatic carbocycles. The third-order valence-corrected chi connectivity index (χ3v) is 5.12. The summed E-state index contributed by atoms with van der Waals surface area (Å²) in [5.41, 5.74) is 1.43. The number of carbonyl (C=O) groups is 2. The third-order valence-electron chi connectivity index (χ3n) is 5.12. The highest BCUT2D eigenvalue weighted by Gasteiger charge is 2.40. The van der Waals surface area contributed by atoms with Crippen LogP contribution in [0.3, 0.4) is 0 Å². The SMILES string of the molecule is COC(=O)[C@H](O)[C@H](COC(c1ccccc1)(c1ccccc1)c1ccccc1)OC(C)=O. The van der Waals surface area contributed by atoms with Crippen LogP contribution in [0.1, 0.15) is 23.6 Å². The fourth-order valence-electron chi connectivity index (χ4n) is 3.65. The number of ether oxygens (including phenoxy) is 3. The van der Waals surface area contributed by atoms with E-state index in [0.29, 0.717) is 0 Å². The summed E-state index contributed by atoms with van der Waals surface area (Å²) in [4.78, 5) is 23.6. The Morgan fingerprint density at radius 2 is 1.22 bits per heavy atom. The van der Waals surface area contributed by atoms with Crippen LogP contribution in [0.15, 0.2) is 91.0 Å². The summed E-state index contributed by atoms with van der Waals surface area (Å²) >= 11 is 0. The van der Waals surface area contributed by atoms with Gasteiger partial charge in [-0.1, -0.05) is 91.0 Å². The number of carbonyl (C=O) groups excluding carboxylic acids is 2. The van der Waals surface area contributed by atoms with E-state index in [-0.39, 0.29) is 6.61 Å². The van der Waals surface area contributed by atoms with Gasteiger partial charge in [-0.3, -0.25) is 4.79 Å². The Morgan fingerprint density at radius 3 is 1.56 bits per heavy atom. The van der Waals surface area contributed by atoms with E-state index in [9.17, 15) is 14.7 Å². The normalized spacial score (nSPS) is 13.1. The number of rotatable bonds is 9. The zero-order chi connectivity index (χ0) is 23.0. The quantitative estimate of drug-likeness (QED) is 0.410. The van der Waals surface area contributed by atoms with Crippen molar-refractivity contribution in [3.05, 3.63) is 108 Å². The summed E-state index contributed by atoms with van der Waals surface area (Å²) in [6, 6.07) is 28.8. The average Bonchev–Trinajstić information content (AvgIpc) is 2.84. The van der Waals surface area contributed by atoms with E-state index in [1.165, 1.54) is 6.92 Å². The van der Waals surface area contributed by atoms with Gasteiger partial charge in [-0.2, -0.15) is 0 Å². The van der Waals surface area contributed by atoms with Crippen LogP contribution in [0.5, 0.6) is 0 Å². The summed E-state index contributed by atoms with van der Waals surface area (Å²) in [5.74, 6) is -1.56. The lowest BCUT2D eigenvalue weighted by Crippen LogP contribution is -2.44. The van der Waals surface area contributed by atoms with Gasteiger partial charge in [-0.15, -0.1) is 0 Å². The third kappa shape index (κ3) is 5.04. The van der Waals surface area contributed by atoms with Crippen molar-refractivity contribution in [2.75, 3.05) is 13.7 Å². The van der Waals surface area contributed by atoms with Gasteiger partial charge in [0.05, 0.1) is 13.7 Å². The van der Waals surface area contributed by atoms with Gasteiger partial charge in [0.25, 0.3) is 0 Å². The molecular weight excluding hydrogens is 408 g/mol. The van der Waals surface area contributed by atoms with E-state index in [4.69, 9.17) is 9.47 Å². The van der Waals surface area contributed by atoms with E-state index in [1.54, 1.807) is 0 Å². The van der Waals surface area contributed by atoms with Gasteiger partial charge in [-0.05, 0) is 16.7 Å². The van der Waals surface area contributed by atoms with Gasteiger partial charge in [0.2, 0.25) is 0 Å². The Bertz CT molecular complexity index is 908. The molecule has 32 heavy (non-hydrogen) atoms. The first-order valence-corrected chi connectivity index (χ1v) is 10.2. The van der Waals surface area contributed by atoms with Gasteiger partial charge >= 0.3 is 11.9 Å². The Morgan fingerprint density at radius 1 is 0.812 bits per heavy atom. The van der Waals surface area contributed by atoms with Crippen molar-refractivity contribution in [1.82, 2.24) is 0 Å². The summed E-state index contributed by atoms with van der Waals surface area (Å²) < 4.78 is 16.4. The molecule has 0 fully saturated rings. The standard InChI is InChI=1S/C26H26O6/c1-19(27)32-23(24(28)25(29)30-2)18-31-26(20-12-6-3-7-13-20,21-14-8-4-9-15-21)22-16-10-5-11-17-22/h3-17,23-24,28H,18H2,1-2H3/t23-,24+/m0/s1. The van der Waals surface area contributed by atoms with Crippen LogP contribution in [0.2, 0.25) is 0 Å². The molecule has 6 nitrogen and oxygen atoms in total. The number of hydrogen-bond donors (Lipinski definition) is 1. The topological polar surface area (TPSA) is 82.1 Å². The number of aliphatic hydroxyl groups excluding tert-OH is 1. The van der Waals surface area contributed by atoms with Crippen molar-refractivity contribution < 1.29 is 28.9 Å². The smallest absolute Gasteiger partial charge is 0.338 e. The molecule has 0 amide bonds. The molecule has 2 atom stereocenters. The van der Waals surface area contributed by atoms with Gasteiger partial charge in [-0.25, -0.2) is 4.79 Å². The number of esters is 2. The summed E-state index contributed by atoms with van der Waals surface area (Å²) in [6.45, 7) is 0.949. The van der Waals surface area contributed by atoms with Crippen LogP contribution >= 0.6 is 0 Å². The molecule has 0 saturated heterocycles. The molecule has 0 aromatic heterocycles. The van der Waals surface area contributed by atoms with Gasteiger partial charge in [0.15, 0.2) is 12.2 Å². The fourth-order valence-corrected chi connectivity index (χ4v) is 3.65. The van der Waals surface area contributed by atoms with Crippen molar-refractivity contribution in [2.45, 2.75) is 24.7 Å². The Hall–Kier alpha value is -3.48. The van der Waals surface area contributed by atoms with Crippen molar-refractivity contribution in [1.29, 1.82) is 0 Å². The largest absolute Gasteiger partial charge is 0.467 e. The highest BCUT2D eigenvalue weighted by molar-refractivity contribution is 5.76. The monoisotopic (exact) mass is 434 g/mol. The fraction of sp³-hybridized carbons (Fsp3) is 0.231. The summed E-state index contributed by atoms with van der Waals surface area (Å²) in [6.07, 6.45) is -2.95. The number of methoxy groups -OCH3 is 1. The van der Waals surface area contributed by atoms with E-state index in [2.05, 4.69) is 4.74 Å². The molecule has 0 spiro atoms. The van der Waals surface area contributed by atoms with Crippen molar-refractivity contribution >= 4 is 11.9 Å². The van der Waals surface area contributed by atoms with Crippen LogP contribution in [0.4, 0.5) is 0 Å². The molecule has 3 aromatic rings. The molecule has 0 aliphatic carbocycles. The molecule has 0 aliphatic rings. The van der Waals surface area contributed by atoms with E-state index < -0.39 is 29.7 Å². The Labute approximate surface area is 187 Å². The van der Waals surface area contributed by atoms with Crippen molar-refractivity contribution in [2.24, 2.45) is 0 Å². The van der Waals surface area contributed by atoms with Gasteiger partial charge in [0, 0.05) is 6.92 Å². The molecule has 0 aliphatic heterocycles. The first-order valence-electron chi connectivity index (χ1n) is 10.2. The molecule has 166 valence electrons. The lowest BCUT2D eigenvalue weighted by molar-refractivity contribution is -0.174. The van der Waals surface area contributed by atoms with Crippen LogP contribution in [0, 0.1) is 0 Å². The van der Waals surface area contributed by atoms with E-state index in [0.717, 1.165) is 23.8 Å². The summed E-state index contributed by atoms with van der Waals surface area (Å²) in [7, 11) is 1.15. The van der Waals surface area contributed by atoms with Crippen molar-refractivity contribution in [3.63, 3.8) is 0 Å². The van der Waals surface area contributed by atoms with Gasteiger partial charge in [0.1, 0.15) is 5.60 Å². The minimum absolute atomic E-state index is 0.255. The lowest BCUT2D eigenvalue weighted by atomic mass is 9.80. The Balaban J connectivity index is 2.12. The molecule has 0 bridgehead atoms. The molecule has 6 heteroatoms. The second kappa shape index (κ2) is 10.7. The molecule has 0 heterocycles. The van der Waals surface area contributed by atoms with Crippen LogP contribution in [-0.4, -0.2) is 43.0 Å². The van der Waals surface area contributed by atoms with E-state index in [1.807, 2.05) is 91.0 Å². The minimum atomic E-state index is -1.69. The van der Waals surface area contributed by atoms with Crippen LogP contribution in [0.25, 0.3) is 0 Å². The van der Waals surface area contributed by atoms with Crippen LogP contribution < -0.4 is 0 Å². The maximum absolute atomic E-state index is 12.0. The minimum Gasteiger partial charge on any atom is -0.467 e. The predicted octanol–water partition coefficient (Wildman–Crippen LogP) is 3.46. The number of benzene rings is 3. The van der Waals surface area contributed by atoms with Gasteiger partial charge < -0.3 is 19.3 Å². The number of aliphatic hydroxyl groups is 1. The average molecular weight is 434 g/mol. The highest BCUT2D eigenvalue weighted by Crippen LogP contribution is 2.40. The first kappa shape index (κ1) is 23.2. The molecule has 0 unspecified atom stereocenters. The summed E-state index contributed by atoms with van der Waals surface area (Å²) in [5, 5.41) is 10.4. The maximum atomic E-state index is 12.0. The maximum Gasteiger partial charge on any atom is 0.338 e. The second-order valence-corrected chi connectivity index (χ2v) is 7.21. The lowest BCUT2D eigenvalue weighted by Gasteiger charge is -2.37. The van der Waals surface area contributed by atoms with Crippen LogP contribution in [-0.2, 0) is 29.4 Å². The molecule has 0 saturated carbocycles. The molecule has 3 rings (SSSR count). The zero-order valence-corrected chi connectivity index (χ0v) is 18.0. The molecular formula is C26H26O6. The molecule has 0 radical (unpaired) electrons. The predicted molar refractivity (Wildman–Crippen MR) is 119 cm³/mol. The van der Waals surface area contributed by atoms with E-state index >= 15 is 0 Å². The first-order chi connectivity index (χ1) is 15.5. The van der Waals surface area contributed by atoms with Crippen molar-refractivity contribution in [3.8, 4) is 0 Å². The second-order valence-electron chi connectivity index (χ2n) is 7.21. The highest BCUT2D eigenvalue weighted by atomic mass is 16.6.